The number of imidazole rings is 1. The van der Waals surface area contributed by atoms with Crippen molar-refractivity contribution in [3.8, 4) is 0 Å². The third kappa shape index (κ3) is 1.84. The largest absolute Gasteiger partial charge is 0.363 e. The van der Waals surface area contributed by atoms with Crippen molar-refractivity contribution in [2.45, 2.75) is 12.8 Å². The van der Waals surface area contributed by atoms with Crippen LogP contribution in [0.4, 0.5) is 5.82 Å². The maximum absolute atomic E-state index is 4.65. The van der Waals surface area contributed by atoms with Gasteiger partial charge in [-0.15, -0.1) is 0 Å². The van der Waals surface area contributed by atoms with E-state index in [1.54, 1.807) is 0 Å². The number of pyridine rings is 1. The van der Waals surface area contributed by atoms with Gasteiger partial charge in [-0.3, -0.25) is 0 Å². The van der Waals surface area contributed by atoms with Gasteiger partial charge in [-0.05, 0) is 24.6 Å². The maximum atomic E-state index is 4.65. The molecular weight excluding hydrogens is 226 g/mol. The number of rotatable bonds is 2. The summed E-state index contributed by atoms with van der Waals surface area (Å²) in [5, 5.41) is 3.41. The van der Waals surface area contributed by atoms with Gasteiger partial charge in [0.2, 0.25) is 0 Å². The summed E-state index contributed by atoms with van der Waals surface area (Å²) in [5.41, 5.74) is 1.84. The number of H-pyrrole nitrogens is 1. The Bertz CT molecular complexity index is 560. The second-order valence-corrected chi connectivity index (χ2v) is 5.30. The lowest BCUT2D eigenvalue weighted by Gasteiger charge is -2.09. The van der Waals surface area contributed by atoms with Gasteiger partial charge in [0.05, 0.1) is 5.52 Å². The number of hydrogen-bond acceptors (Lipinski definition) is 4. The van der Waals surface area contributed by atoms with Gasteiger partial charge in [-0.2, -0.15) is 0 Å². The molecule has 0 amide bonds. The predicted molar refractivity (Wildman–Crippen MR) is 73.0 cm³/mol. The van der Waals surface area contributed by atoms with E-state index < -0.39 is 0 Å². The smallest absolute Gasteiger partial charge is 0.179 e. The number of aromatic amines is 1. The van der Waals surface area contributed by atoms with Crippen molar-refractivity contribution in [1.82, 2.24) is 20.3 Å². The molecule has 1 saturated heterocycles. The van der Waals surface area contributed by atoms with E-state index in [1.807, 2.05) is 25.1 Å². The molecule has 0 aliphatic carbocycles. The van der Waals surface area contributed by atoms with Crippen molar-refractivity contribution in [2.24, 2.45) is 5.92 Å². The molecule has 3 heterocycles. The zero-order chi connectivity index (χ0) is 12.7. The highest BCUT2D eigenvalue weighted by Gasteiger charge is 2.27. The van der Waals surface area contributed by atoms with E-state index in [0.717, 1.165) is 35.9 Å². The van der Waals surface area contributed by atoms with Crippen LogP contribution >= 0.6 is 0 Å². The standard InChI is InChI=1S/C13H19N5/c1-8-6-14-7-9(8)12-15-10-4-5-11(18(2)3)16-13(10)17-12/h4-5,8-9,14H,6-7H2,1-3H3,(H,15,16,17). The Morgan fingerprint density at radius 1 is 1.22 bits per heavy atom. The first-order valence-electron chi connectivity index (χ1n) is 6.40. The highest BCUT2D eigenvalue weighted by atomic mass is 15.2. The van der Waals surface area contributed by atoms with Crippen molar-refractivity contribution >= 4 is 17.0 Å². The van der Waals surface area contributed by atoms with Crippen LogP contribution in [0.25, 0.3) is 11.2 Å². The average Bonchev–Trinajstić information content (AvgIpc) is 2.92. The monoisotopic (exact) mass is 245 g/mol. The molecule has 5 nitrogen and oxygen atoms in total. The van der Waals surface area contributed by atoms with Gasteiger partial charge in [-0.25, -0.2) is 9.97 Å². The van der Waals surface area contributed by atoms with Gasteiger partial charge in [0, 0.05) is 26.6 Å². The minimum atomic E-state index is 0.474. The molecule has 0 saturated carbocycles. The summed E-state index contributed by atoms with van der Waals surface area (Å²) in [4.78, 5) is 14.6. The summed E-state index contributed by atoms with van der Waals surface area (Å²) in [6.45, 7) is 4.33. The van der Waals surface area contributed by atoms with Crippen molar-refractivity contribution in [1.29, 1.82) is 0 Å². The predicted octanol–water partition coefficient (Wildman–Crippen LogP) is 1.35. The van der Waals surface area contributed by atoms with Crippen LogP contribution in [0, 0.1) is 5.92 Å². The number of fused-ring (bicyclic) bond motifs is 1. The van der Waals surface area contributed by atoms with E-state index in [1.165, 1.54) is 0 Å². The number of anilines is 1. The molecule has 0 aromatic carbocycles. The minimum absolute atomic E-state index is 0.474. The molecule has 2 aromatic rings. The summed E-state index contributed by atoms with van der Waals surface area (Å²) in [7, 11) is 3.98. The number of aromatic nitrogens is 3. The highest BCUT2D eigenvalue weighted by molar-refractivity contribution is 5.73. The van der Waals surface area contributed by atoms with Crippen molar-refractivity contribution < 1.29 is 0 Å². The Balaban J connectivity index is 2.00. The SMILES string of the molecule is CC1CNCC1c1nc2nc(N(C)C)ccc2[nH]1. The zero-order valence-corrected chi connectivity index (χ0v) is 11.1. The molecule has 2 unspecified atom stereocenters. The molecule has 3 rings (SSSR count). The van der Waals surface area contributed by atoms with Crippen LogP contribution in [-0.2, 0) is 0 Å². The lowest BCUT2D eigenvalue weighted by atomic mass is 9.98. The molecule has 2 N–H and O–H groups in total. The fourth-order valence-electron chi connectivity index (χ4n) is 2.50. The van der Waals surface area contributed by atoms with E-state index in [0.29, 0.717) is 11.8 Å². The summed E-state index contributed by atoms with van der Waals surface area (Å²) in [6.07, 6.45) is 0. The van der Waals surface area contributed by atoms with Crippen LogP contribution in [0.15, 0.2) is 12.1 Å². The van der Waals surface area contributed by atoms with Gasteiger partial charge >= 0.3 is 0 Å². The first-order valence-corrected chi connectivity index (χ1v) is 6.40. The third-order valence-corrected chi connectivity index (χ3v) is 3.68. The molecule has 0 bridgehead atoms. The highest BCUT2D eigenvalue weighted by Crippen LogP contribution is 2.27. The van der Waals surface area contributed by atoms with E-state index >= 15 is 0 Å². The van der Waals surface area contributed by atoms with Crippen molar-refractivity contribution in [2.75, 3.05) is 32.1 Å². The lowest BCUT2D eigenvalue weighted by molar-refractivity contribution is 0.551. The second-order valence-electron chi connectivity index (χ2n) is 5.30. The fraction of sp³-hybridized carbons (Fsp3) is 0.538. The normalized spacial score (nSPS) is 23.7. The van der Waals surface area contributed by atoms with Crippen LogP contribution in [0.5, 0.6) is 0 Å². The summed E-state index contributed by atoms with van der Waals surface area (Å²) < 4.78 is 0. The molecule has 0 spiro atoms. The Hall–Kier alpha value is -1.62. The van der Waals surface area contributed by atoms with Crippen LogP contribution in [0.1, 0.15) is 18.7 Å². The van der Waals surface area contributed by atoms with E-state index in [-0.39, 0.29) is 0 Å². The zero-order valence-electron chi connectivity index (χ0n) is 11.1. The van der Waals surface area contributed by atoms with E-state index in [9.17, 15) is 0 Å². The molecule has 0 radical (unpaired) electrons. The molecule has 1 aliphatic rings. The second kappa shape index (κ2) is 4.24. The third-order valence-electron chi connectivity index (χ3n) is 3.68. The number of hydrogen-bond donors (Lipinski definition) is 2. The Morgan fingerprint density at radius 2 is 2.06 bits per heavy atom. The molecule has 18 heavy (non-hydrogen) atoms. The maximum Gasteiger partial charge on any atom is 0.179 e. The Labute approximate surface area is 107 Å². The number of nitrogens with zero attached hydrogens (tertiary/aromatic N) is 3. The summed E-state index contributed by atoms with van der Waals surface area (Å²) in [5.74, 6) is 3.10. The summed E-state index contributed by atoms with van der Waals surface area (Å²) in [6, 6.07) is 4.07. The quantitative estimate of drug-likeness (QED) is 0.838. The first kappa shape index (κ1) is 11.5. The molecule has 1 fully saturated rings. The van der Waals surface area contributed by atoms with Crippen LogP contribution in [-0.4, -0.2) is 42.1 Å². The Morgan fingerprint density at radius 3 is 2.72 bits per heavy atom. The molecule has 5 heteroatoms. The van der Waals surface area contributed by atoms with Crippen LogP contribution in [0.3, 0.4) is 0 Å². The Kier molecular flexibility index (Phi) is 2.70. The molecular formula is C13H19N5. The molecule has 1 aliphatic heterocycles. The number of nitrogens with one attached hydrogen (secondary N) is 2. The van der Waals surface area contributed by atoms with E-state index in [4.69, 9.17) is 0 Å². The van der Waals surface area contributed by atoms with Crippen LogP contribution < -0.4 is 10.2 Å². The molecule has 2 aromatic heterocycles. The van der Waals surface area contributed by atoms with Gasteiger partial charge in [0.25, 0.3) is 0 Å². The van der Waals surface area contributed by atoms with E-state index in [2.05, 4.69) is 33.3 Å². The van der Waals surface area contributed by atoms with Gasteiger partial charge in [0.1, 0.15) is 11.6 Å². The minimum Gasteiger partial charge on any atom is -0.363 e. The molecule has 2 atom stereocenters. The van der Waals surface area contributed by atoms with Gasteiger partial charge in [-0.1, -0.05) is 6.92 Å². The van der Waals surface area contributed by atoms with Crippen molar-refractivity contribution in [3.05, 3.63) is 18.0 Å². The van der Waals surface area contributed by atoms with Crippen molar-refractivity contribution in [3.63, 3.8) is 0 Å². The molecule has 96 valence electrons. The van der Waals surface area contributed by atoms with Crippen LogP contribution in [0.2, 0.25) is 0 Å². The fourth-order valence-corrected chi connectivity index (χ4v) is 2.50. The van der Waals surface area contributed by atoms with Gasteiger partial charge in [0.15, 0.2) is 5.65 Å². The first-order chi connectivity index (χ1) is 8.65. The summed E-state index contributed by atoms with van der Waals surface area (Å²) >= 11 is 0. The average molecular weight is 245 g/mol. The topological polar surface area (TPSA) is 56.8 Å². The lowest BCUT2D eigenvalue weighted by Crippen LogP contribution is -2.10. The van der Waals surface area contributed by atoms with Gasteiger partial charge < -0.3 is 15.2 Å².